The Hall–Kier alpha value is -2.55. The zero-order valence-electron chi connectivity index (χ0n) is 13.9. The Balaban J connectivity index is 1.97. The Morgan fingerprint density at radius 1 is 1.22 bits per heavy atom. The summed E-state index contributed by atoms with van der Waals surface area (Å²) < 4.78 is 5.76. The first-order valence-electron chi connectivity index (χ1n) is 7.89. The fourth-order valence-electron chi connectivity index (χ4n) is 2.00. The molecule has 3 nitrogen and oxygen atoms in total. The van der Waals surface area contributed by atoms with Crippen LogP contribution in [0, 0.1) is 6.92 Å². The van der Waals surface area contributed by atoms with Crippen LogP contribution in [0.3, 0.4) is 0 Å². The van der Waals surface area contributed by atoms with Gasteiger partial charge in [0.1, 0.15) is 5.75 Å². The largest absolute Gasteiger partial charge is 0.491 e. The van der Waals surface area contributed by atoms with Crippen LogP contribution in [0.5, 0.6) is 5.75 Å². The topological polar surface area (TPSA) is 38.3 Å². The van der Waals surface area contributed by atoms with Crippen molar-refractivity contribution in [2.75, 3.05) is 5.32 Å². The molecule has 1 atom stereocenters. The summed E-state index contributed by atoms with van der Waals surface area (Å²) in [5, 5.41) is 2.85. The minimum atomic E-state index is -0.161. The number of rotatable bonds is 6. The van der Waals surface area contributed by atoms with E-state index in [1.807, 2.05) is 62.4 Å². The summed E-state index contributed by atoms with van der Waals surface area (Å²) >= 11 is 0. The molecule has 2 aromatic carbocycles. The van der Waals surface area contributed by atoms with E-state index in [0.29, 0.717) is 0 Å². The van der Waals surface area contributed by atoms with Crippen LogP contribution >= 0.6 is 0 Å². The smallest absolute Gasteiger partial charge is 0.248 e. The van der Waals surface area contributed by atoms with Crippen molar-refractivity contribution in [2.45, 2.75) is 33.3 Å². The second kappa shape index (κ2) is 8.18. The van der Waals surface area contributed by atoms with Crippen LogP contribution in [0.1, 0.15) is 31.4 Å². The summed E-state index contributed by atoms with van der Waals surface area (Å²) in [5.41, 5.74) is 2.92. The first kappa shape index (κ1) is 16.8. The summed E-state index contributed by atoms with van der Waals surface area (Å²) in [7, 11) is 0. The lowest BCUT2D eigenvalue weighted by Gasteiger charge is -2.13. The zero-order chi connectivity index (χ0) is 16.7. The van der Waals surface area contributed by atoms with E-state index in [1.165, 1.54) is 11.6 Å². The van der Waals surface area contributed by atoms with Gasteiger partial charge < -0.3 is 10.1 Å². The van der Waals surface area contributed by atoms with Gasteiger partial charge in [0.2, 0.25) is 5.91 Å². The number of ether oxygens (including phenoxy) is 1. The SMILES string of the molecule is CCC(C)Oc1cccc(NC(=O)/C=C/c2ccc(C)cc2)c1. The van der Waals surface area contributed by atoms with E-state index >= 15 is 0 Å². The number of anilines is 1. The van der Waals surface area contributed by atoms with Crippen molar-refractivity contribution < 1.29 is 9.53 Å². The van der Waals surface area contributed by atoms with Gasteiger partial charge in [-0.05, 0) is 44.0 Å². The number of hydrogen-bond donors (Lipinski definition) is 1. The Bertz CT molecular complexity index is 674. The van der Waals surface area contributed by atoms with Crippen LogP contribution in [0.4, 0.5) is 5.69 Å². The van der Waals surface area contributed by atoms with Crippen LogP contribution in [-0.2, 0) is 4.79 Å². The highest BCUT2D eigenvalue weighted by Crippen LogP contribution is 2.19. The molecule has 0 bridgehead atoms. The van der Waals surface area contributed by atoms with E-state index in [4.69, 9.17) is 4.74 Å². The quantitative estimate of drug-likeness (QED) is 0.777. The van der Waals surface area contributed by atoms with Crippen molar-refractivity contribution in [3.8, 4) is 5.75 Å². The van der Waals surface area contributed by atoms with Gasteiger partial charge in [0, 0.05) is 17.8 Å². The molecule has 0 fully saturated rings. The maximum atomic E-state index is 12.0. The Kier molecular flexibility index (Phi) is 5.98. The average molecular weight is 309 g/mol. The molecule has 1 amide bonds. The molecule has 120 valence electrons. The molecule has 0 saturated carbocycles. The normalized spacial score (nSPS) is 12.1. The van der Waals surface area contributed by atoms with E-state index < -0.39 is 0 Å². The molecule has 2 aromatic rings. The summed E-state index contributed by atoms with van der Waals surface area (Å²) in [6, 6.07) is 15.5. The number of nitrogens with one attached hydrogen (secondary N) is 1. The fraction of sp³-hybridized carbons (Fsp3) is 0.250. The van der Waals surface area contributed by atoms with E-state index in [0.717, 1.165) is 23.4 Å². The number of carbonyl (C=O) groups is 1. The average Bonchev–Trinajstić information content (AvgIpc) is 2.54. The molecule has 0 aliphatic rings. The van der Waals surface area contributed by atoms with Gasteiger partial charge in [-0.15, -0.1) is 0 Å². The van der Waals surface area contributed by atoms with Crippen molar-refractivity contribution in [3.05, 3.63) is 65.7 Å². The minimum absolute atomic E-state index is 0.155. The number of carbonyl (C=O) groups excluding carboxylic acids is 1. The Morgan fingerprint density at radius 2 is 1.96 bits per heavy atom. The molecule has 3 heteroatoms. The van der Waals surface area contributed by atoms with Crippen molar-refractivity contribution in [2.24, 2.45) is 0 Å². The number of hydrogen-bond acceptors (Lipinski definition) is 2. The molecule has 0 aliphatic heterocycles. The first-order chi connectivity index (χ1) is 11.1. The van der Waals surface area contributed by atoms with Gasteiger partial charge in [-0.1, -0.05) is 42.8 Å². The lowest BCUT2D eigenvalue weighted by Crippen LogP contribution is -2.11. The number of benzene rings is 2. The van der Waals surface area contributed by atoms with E-state index in [-0.39, 0.29) is 12.0 Å². The molecule has 0 spiro atoms. The standard InChI is InChI=1S/C20H23NO2/c1-4-16(3)23-19-7-5-6-18(14-19)21-20(22)13-12-17-10-8-15(2)9-11-17/h5-14,16H,4H2,1-3H3,(H,21,22)/b13-12+. The number of amides is 1. The maximum Gasteiger partial charge on any atom is 0.248 e. The van der Waals surface area contributed by atoms with Crippen molar-refractivity contribution in [3.63, 3.8) is 0 Å². The maximum absolute atomic E-state index is 12.0. The van der Waals surface area contributed by atoms with Crippen LogP contribution < -0.4 is 10.1 Å². The van der Waals surface area contributed by atoms with E-state index in [2.05, 4.69) is 12.2 Å². The molecular weight excluding hydrogens is 286 g/mol. The van der Waals surface area contributed by atoms with Crippen molar-refractivity contribution in [1.29, 1.82) is 0 Å². The minimum Gasteiger partial charge on any atom is -0.491 e. The Labute approximate surface area is 138 Å². The van der Waals surface area contributed by atoms with Gasteiger partial charge in [0.05, 0.1) is 6.10 Å². The second-order valence-corrected chi connectivity index (χ2v) is 5.60. The van der Waals surface area contributed by atoms with Crippen LogP contribution in [0.25, 0.3) is 6.08 Å². The van der Waals surface area contributed by atoms with Gasteiger partial charge in [0.15, 0.2) is 0 Å². The highest BCUT2D eigenvalue weighted by atomic mass is 16.5. The highest BCUT2D eigenvalue weighted by molar-refractivity contribution is 6.02. The summed E-state index contributed by atoms with van der Waals surface area (Å²) in [5.74, 6) is 0.603. The molecule has 2 rings (SSSR count). The van der Waals surface area contributed by atoms with E-state index in [1.54, 1.807) is 6.08 Å². The third-order valence-corrected chi connectivity index (χ3v) is 3.52. The monoisotopic (exact) mass is 309 g/mol. The van der Waals surface area contributed by atoms with E-state index in [9.17, 15) is 4.79 Å². The molecule has 1 N–H and O–H groups in total. The molecule has 0 aliphatic carbocycles. The third-order valence-electron chi connectivity index (χ3n) is 3.52. The predicted octanol–water partition coefficient (Wildman–Crippen LogP) is 4.82. The van der Waals surface area contributed by atoms with Crippen LogP contribution in [-0.4, -0.2) is 12.0 Å². The fourth-order valence-corrected chi connectivity index (χ4v) is 2.00. The van der Waals surface area contributed by atoms with Gasteiger partial charge in [-0.3, -0.25) is 4.79 Å². The lowest BCUT2D eigenvalue weighted by atomic mass is 10.1. The molecule has 0 radical (unpaired) electrons. The summed E-state index contributed by atoms with van der Waals surface area (Å²) in [6.45, 7) is 6.14. The first-order valence-corrected chi connectivity index (χ1v) is 7.89. The Morgan fingerprint density at radius 3 is 2.65 bits per heavy atom. The van der Waals surface area contributed by atoms with Gasteiger partial charge in [-0.2, -0.15) is 0 Å². The summed E-state index contributed by atoms with van der Waals surface area (Å²) in [4.78, 5) is 12.0. The molecule has 0 saturated heterocycles. The predicted molar refractivity (Wildman–Crippen MR) is 95.7 cm³/mol. The second-order valence-electron chi connectivity index (χ2n) is 5.60. The number of aryl methyl sites for hydroxylation is 1. The highest BCUT2D eigenvalue weighted by Gasteiger charge is 2.03. The molecule has 23 heavy (non-hydrogen) atoms. The zero-order valence-corrected chi connectivity index (χ0v) is 13.9. The van der Waals surface area contributed by atoms with Crippen molar-refractivity contribution >= 4 is 17.7 Å². The molecule has 0 heterocycles. The van der Waals surface area contributed by atoms with Gasteiger partial charge in [0.25, 0.3) is 0 Å². The molecule has 0 aromatic heterocycles. The van der Waals surface area contributed by atoms with Crippen molar-refractivity contribution in [1.82, 2.24) is 0 Å². The molecular formula is C20H23NO2. The van der Waals surface area contributed by atoms with Crippen LogP contribution in [0.2, 0.25) is 0 Å². The van der Waals surface area contributed by atoms with Gasteiger partial charge >= 0.3 is 0 Å². The summed E-state index contributed by atoms with van der Waals surface area (Å²) in [6.07, 6.45) is 4.43. The third kappa shape index (κ3) is 5.62. The van der Waals surface area contributed by atoms with Gasteiger partial charge in [-0.25, -0.2) is 0 Å². The molecule has 1 unspecified atom stereocenters. The lowest BCUT2D eigenvalue weighted by molar-refractivity contribution is -0.111. The van der Waals surface area contributed by atoms with Crippen LogP contribution in [0.15, 0.2) is 54.6 Å².